The molecule has 2 aromatic carbocycles. The molecule has 0 unspecified atom stereocenters. The Kier molecular flexibility index (Phi) is 2.59. The number of imidazole rings is 2. The molecule has 2 heterocycles. The fourth-order valence-corrected chi connectivity index (χ4v) is 2.44. The van der Waals surface area contributed by atoms with Gasteiger partial charge in [-0.2, -0.15) is 0 Å². The highest BCUT2D eigenvalue weighted by atomic mass is 16.1. The summed E-state index contributed by atoms with van der Waals surface area (Å²) in [4.78, 5) is 26.7. The van der Waals surface area contributed by atoms with Crippen molar-refractivity contribution in [3.63, 3.8) is 0 Å². The minimum atomic E-state index is -0.244. The lowest BCUT2D eigenvalue weighted by Crippen LogP contribution is -2.12. The van der Waals surface area contributed by atoms with Crippen molar-refractivity contribution in [1.29, 1.82) is 0 Å². The SMILES string of the molecule is Nc1nc2c(C(=O)Nc3ccc4[nH]cnc4c3)cccc2[nH]1. The maximum absolute atomic E-state index is 12.5. The van der Waals surface area contributed by atoms with Gasteiger partial charge < -0.3 is 21.0 Å². The zero-order chi connectivity index (χ0) is 15.1. The summed E-state index contributed by atoms with van der Waals surface area (Å²) in [7, 11) is 0. The third-order valence-electron chi connectivity index (χ3n) is 3.45. The maximum Gasteiger partial charge on any atom is 0.257 e. The van der Waals surface area contributed by atoms with Crippen molar-refractivity contribution in [2.75, 3.05) is 11.1 Å². The van der Waals surface area contributed by atoms with E-state index in [0.717, 1.165) is 16.6 Å². The number of hydrogen-bond donors (Lipinski definition) is 4. The van der Waals surface area contributed by atoms with Crippen molar-refractivity contribution in [2.45, 2.75) is 0 Å². The molecule has 0 saturated carbocycles. The van der Waals surface area contributed by atoms with E-state index >= 15 is 0 Å². The number of hydrogen-bond acceptors (Lipinski definition) is 4. The quantitative estimate of drug-likeness (QED) is 0.454. The molecule has 0 bridgehead atoms. The first-order valence-electron chi connectivity index (χ1n) is 6.69. The first kappa shape index (κ1) is 12.4. The number of nitrogens with one attached hydrogen (secondary N) is 3. The number of benzene rings is 2. The second kappa shape index (κ2) is 4.59. The molecule has 0 aliphatic rings. The molecule has 2 aromatic heterocycles. The van der Waals surface area contributed by atoms with Gasteiger partial charge >= 0.3 is 0 Å². The Morgan fingerprint density at radius 2 is 2.09 bits per heavy atom. The average Bonchev–Trinajstić information content (AvgIpc) is 3.10. The lowest BCUT2D eigenvalue weighted by atomic mass is 10.1. The standard InChI is InChI=1S/C15H12N6O/c16-15-20-11-3-1-2-9(13(11)21-15)14(22)19-8-4-5-10-12(6-8)18-7-17-10/h1-7H,(H,17,18)(H,19,22)(H3,16,20,21). The van der Waals surface area contributed by atoms with Crippen molar-refractivity contribution < 1.29 is 4.79 Å². The first-order chi connectivity index (χ1) is 10.7. The maximum atomic E-state index is 12.5. The highest BCUT2D eigenvalue weighted by Gasteiger charge is 2.13. The lowest BCUT2D eigenvalue weighted by molar-refractivity contribution is 0.102. The number of amides is 1. The highest BCUT2D eigenvalue weighted by Crippen LogP contribution is 2.20. The van der Waals surface area contributed by atoms with Gasteiger partial charge in [0.15, 0.2) is 5.95 Å². The number of H-pyrrole nitrogens is 2. The molecule has 0 fully saturated rings. The third-order valence-corrected chi connectivity index (χ3v) is 3.45. The van der Waals surface area contributed by atoms with Crippen LogP contribution in [0.2, 0.25) is 0 Å². The molecule has 0 saturated heterocycles. The second-order valence-electron chi connectivity index (χ2n) is 4.91. The number of carbonyl (C=O) groups excluding carboxylic acids is 1. The zero-order valence-electron chi connectivity index (χ0n) is 11.4. The van der Waals surface area contributed by atoms with E-state index in [9.17, 15) is 4.79 Å². The molecule has 7 nitrogen and oxygen atoms in total. The van der Waals surface area contributed by atoms with Crippen LogP contribution in [-0.4, -0.2) is 25.8 Å². The summed E-state index contributed by atoms with van der Waals surface area (Å²) in [5.74, 6) is 0.0418. The predicted octanol–water partition coefficient (Wildman–Crippen LogP) is 2.27. The van der Waals surface area contributed by atoms with Crippen LogP contribution in [0.3, 0.4) is 0 Å². The van der Waals surface area contributed by atoms with Gasteiger partial charge in [0, 0.05) is 5.69 Å². The number of aromatic nitrogens is 4. The number of carbonyl (C=O) groups is 1. The van der Waals surface area contributed by atoms with Crippen molar-refractivity contribution in [1.82, 2.24) is 19.9 Å². The second-order valence-corrected chi connectivity index (χ2v) is 4.91. The topological polar surface area (TPSA) is 112 Å². The molecule has 0 atom stereocenters. The molecule has 1 amide bonds. The average molecular weight is 292 g/mol. The smallest absolute Gasteiger partial charge is 0.257 e. The van der Waals surface area contributed by atoms with Gasteiger partial charge in [0.25, 0.3) is 5.91 Å². The highest BCUT2D eigenvalue weighted by molar-refractivity contribution is 6.12. The molecule has 108 valence electrons. The third kappa shape index (κ3) is 1.96. The van der Waals surface area contributed by atoms with Gasteiger partial charge in [0.05, 0.1) is 28.4 Å². The van der Waals surface area contributed by atoms with E-state index in [2.05, 4.69) is 25.3 Å². The molecule has 22 heavy (non-hydrogen) atoms. The Bertz CT molecular complexity index is 1000. The van der Waals surface area contributed by atoms with Gasteiger partial charge in [-0.3, -0.25) is 4.79 Å². The van der Waals surface area contributed by atoms with Crippen LogP contribution in [-0.2, 0) is 0 Å². The normalized spacial score (nSPS) is 11.1. The van der Waals surface area contributed by atoms with E-state index in [1.165, 1.54) is 0 Å². The number of anilines is 2. The number of rotatable bonds is 2. The van der Waals surface area contributed by atoms with Crippen molar-refractivity contribution in [3.05, 3.63) is 48.3 Å². The van der Waals surface area contributed by atoms with Crippen molar-refractivity contribution in [2.24, 2.45) is 0 Å². The molecule has 4 rings (SSSR count). The number of nitrogens with zero attached hydrogens (tertiary/aromatic N) is 2. The Morgan fingerprint density at radius 1 is 1.18 bits per heavy atom. The first-order valence-corrected chi connectivity index (χ1v) is 6.69. The molecular weight excluding hydrogens is 280 g/mol. The molecule has 7 heteroatoms. The number of nitrogens with two attached hydrogens (primary N) is 1. The van der Waals surface area contributed by atoms with Crippen molar-refractivity contribution in [3.8, 4) is 0 Å². The summed E-state index contributed by atoms with van der Waals surface area (Å²) in [6.07, 6.45) is 1.61. The minimum absolute atomic E-state index is 0.244. The number of para-hydroxylation sites is 1. The Morgan fingerprint density at radius 3 is 3.00 bits per heavy atom. The molecule has 0 aliphatic carbocycles. The largest absolute Gasteiger partial charge is 0.369 e. The van der Waals surface area contributed by atoms with E-state index in [-0.39, 0.29) is 11.9 Å². The monoisotopic (exact) mass is 292 g/mol. The number of nitrogen functional groups attached to an aromatic ring is 1. The summed E-state index contributed by atoms with van der Waals surface area (Å²) < 4.78 is 0. The number of aromatic amines is 2. The summed E-state index contributed by atoms with van der Waals surface area (Å²) in [5, 5.41) is 2.85. The predicted molar refractivity (Wildman–Crippen MR) is 84.6 cm³/mol. The van der Waals surface area contributed by atoms with Gasteiger partial charge in [0.1, 0.15) is 5.52 Å². The van der Waals surface area contributed by atoms with E-state index in [1.807, 2.05) is 24.3 Å². The van der Waals surface area contributed by atoms with Crippen LogP contribution in [0.15, 0.2) is 42.7 Å². The van der Waals surface area contributed by atoms with Crippen LogP contribution in [0.1, 0.15) is 10.4 Å². The summed E-state index contributed by atoms with van der Waals surface area (Å²) in [6.45, 7) is 0. The van der Waals surface area contributed by atoms with Crippen molar-refractivity contribution >= 4 is 39.6 Å². The van der Waals surface area contributed by atoms with E-state index in [0.29, 0.717) is 16.8 Å². The molecular formula is C15H12N6O. The van der Waals surface area contributed by atoms with Gasteiger partial charge in [0.2, 0.25) is 0 Å². The van der Waals surface area contributed by atoms with Crippen LogP contribution in [0, 0.1) is 0 Å². The lowest BCUT2D eigenvalue weighted by Gasteiger charge is -2.05. The summed E-state index contributed by atoms with van der Waals surface area (Å²) >= 11 is 0. The zero-order valence-corrected chi connectivity index (χ0v) is 11.4. The summed E-state index contributed by atoms with van der Waals surface area (Å²) in [5.41, 5.74) is 9.78. The van der Waals surface area contributed by atoms with Crippen LogP contribution < -0.4 is 11.1 Å². The van der Waals surface area contributed by atoms with E-state index in [4.69, 9.17) is 5.73 Å². The Balaban J connectivity index is 1.70. The molecule has 0 radical (unpaired) electrons. The van der Waals surface area contributed by atoms with Gasteiger partial charge in [-0.05, 0) is 30.3 Å². The minimum Gasteiger partial charge on any atom is -0.369 e. The van der Waals surface area contributed by atoms with E-state index in [1.54, 1.807) is 18.5 Å². The molecule has 0 aliphatic heterocycles. The van der Waals surface area contributed by atoms with Crippen LogP contribution in [0.5, 0.6) is 0 Å². The van der Waals surface area contributed by atoms with Gasteiger partial charge in [-0.15, -0.1) is 0 Å². The van der Waals surface area contributed by atoms with Crippen LogP contribution in [0.4, 0.5) is 11.6 Å². The molecule has 4 aromatic rings. The van der Waals surface area contributed by atoms with Crippen LogP contribution >= 0.6 is 0 Å². The van der Waals surface area contributed by atoms with Crippen LogP contribution in [0.25, 0.3) is 22.1 Å². The summed E-state index contributed by atoms with van der Waals surface area (Å²) in [6, 6.07) is 10.8. The van der Waals surface area contributed by atoms with E-state index < -0.39 is 0 Å². The molecule has 5 N–H and O–H groups in total. The fourth-order valence-electron chi connectivity index (χ4n) is 2.44. The Labute approximate surface area is 124 Å². The molecule has 0 spiro atoms. The van der Waals surface area contributed by atoms with Gasteiger partial charge in [-0.25, -0.2) is 9.97 Å². The Hall–Kier alpha value is -3.35. The number of fused-ring (bicyclic) bond motifs is 2. The fraction of sp³-hybridized carbons (Fsp3) is 0. The van der Waals surface area contributed by atoms with Gasteiger partial charge in [-0.1, -0.05) is 6.07 Å².